The molecule has 1 rings (SSSR count). The molecule has 0 fully saturated rings. The molecule has 1 aromatic rings. The molecule has 18 heavy (non-hydrogen) atoms. The van der Waals surface area contributed by atoms with Crippen LogP contribution in [0.25, 0.3) is 0 Å². The number of amides is 1. The van der Waals surface area contributed by atoms with Gasteiger partial charge in [0.25, 0.3) is 5.91 Å². The number of nitrogens with one attached hydrogen (secondary N) is 1. The first-order valence-corrected chi connectivity index (χ1v) is 5.91. The molecule has 0 aliphatic carbocycles. The second-order valence-corrected chi connectivity index (χ2v) is 4.67. The molecule has 0 bridgehead atoms. The standard InChI is InChI=1S/C13H21N3O2/c1-9(8-17)7-15-12-5-4-10(6-11(12)14)13(18)16(2)3/h4-6,9,15,17H,7-8,14H2,1-3H3. The van der Waals surface area contributed by atoms with Gasteiger partial charge in [-0.15, -0.1) is 0 Å². The Kier molecular flexibility index (Phi) is 4.97. The number of hydrogen-bond donors (Lipinski definition) is 3. The van der Waals surface area contributed by atoms with Crippen LogP contribution in [0.2, 0.25) is 0 Å². The zero-order valence-electron chi connectivity index (χ0n) is 11.1. The number of aliphatic hydroxyl groups excluding tert-OH is 1. The predicted octanol–water partition coefficient (Wildman–Crippen LogP) is 1.01. The van der Waals surface area contributed by atoms with Crippen molar-refractivity contribution in [3.63, 3.8) is 0 Å². The Hall–Kier alpha value is -1.75. The smallest absolute Gasteiger partial charge is 0.253 e. The highest BCUT2D eigenvalue weighted by Gasteiger charge is 2.10. The monoisotopic (exact) mass is 251 g/mol. The maximum atomic E-state index is 11.7. The Morgan fingerprint density at radius 1 is 1.50 bits per heavy atom. The van der Waals surface area contributed by atoms with Gasteiger partial charge in [0.15, 0.2) is 0 Å². The molecule has 5 nitrogen and oxygen atoms in total. The molecule has 0 heterocycles. The molecule has 0 radical (unpaired) electrons. The average molecular weight is 251 g/mol. The molecule has 100 valence electrons. The van der Waals surface area contributed by atoms with Gasteiger partial charge in [-0.3, -0.25) is 4.79 Å². The van der Waals surface area contributed by atoms with E-state index >= 15 is 0 Å². The molecule has 4 N–H and O–H groups in total. The van der Waals surface area contributed by atoms with Gasteiger partial charge in [-0.1, -0.05) is 6.92 Å². The summed E-state index contributed by atoms with van der Waals surface area (Å²) in [5.74, 6) is 0.0875. The van der Waals surface area contributed by atoms with Crippen molar-refractivity contribution in [3.8, 4) is 0 Å². The van der Waals surface area contributed by atoms with Gasteiger partial charge in [0.2, 0.25) is 0 Å². The molecule has 0 aromatic heterocycles. The van der Waals surface area contributed by atoms with E-state index in [0.29, 0.717) is 17.8 Å². The maximum absolute atomic E-state index is 11.7. The molecule has 0 aliphatic rings. The molecule has 1 aromatic carbocycles. The van der Waals surface area contributed by atoms with E-state index in [-0.39, 0.29) is 18.4 Å². The first-order chi connectivity index (χ1) is 8.45. The number of hydrogen-bond acceptors (Lipinski definition) is 4. The van der Waals surface area contributed by atoms with Crippen LogP contribution < -0.4 is 11.1 Å². The van der Waals surface area contributed by atoms with Crippen LogP contribution in [0.5, 0.6) is 0 Å². The Morgan fingerprint density at radius 2 is 2.17 bits per heavy atom. The third kappa shape index (κ3) is 3.63. The molecule has 0 aliphatic heterocycles. The van der Waals surface area contributed by atoms with Crippen molar-refractivity contribution in [2.75, 3.05) is 38.3 Å². The highest BCUT2D eigenvalue weighted by atomic mass is 16.3. The maximum Gasteiger partial charge on any atom is 0.253 e. The molecule has 1 unspecified atom stereocenters. The molecule has 0 saturated carbocycles. The Labute approximate surface area is 108 Å². The van der Waals surface area contributed by atoms with Crippen molar-refractivity contribution in [1.82, 2.24) is 4.90 Å². The summed E-state index contributed by atoms with van der Waals surface area (Å²) >= 11 is 0. The number of nitrogens with zero attached hydrogens (tertiary/aromatic N) is 1. The number of benzene rings is 1. The minimum absolute atomic E-state index is 0.0722. The van der Waals surface area contributed by atoms with Crippen LogP contribution in [0.15, 0.2) is 18.2 Å². The van der Waals surface area contributed by atoms with E-state index in [1.165, 1.54) is 4.90 Å². The van der Waals surface area contributed by atoms with Gasteiger partial charge in [0, 0.05) is 32.8 Å². The number of nitrogen functional groups attached to an aromatic ring is 1. The van der Waals surface area contributed by atoms with E-state index in [0.717, 1.165) is 5.69 Å². The average Bonchev–Trinajstić information content (AvgIpc) is 2.35. The topological polar surface area (TPSA) is 78.6 Å². The molecule has 1 atom stereocenters. The van der Waals surface area contributed by atoms with Gasteiger partial charge >= 0.3 is 0 Å². The summed E-state index contributed by atoms with van der Waals surface area (Å²) in [4.78, 5) is 13.2. The van der Waals surface area contributed by atoms with Crippen molar-refractivity contribution in [3.05, 3.63) is 23.8 Å². The highest BCUT2D eigenvalue weighted by Crippen LogP contribution is 2.20. The summed E-state index contributed by atoms with van der Waals surface area (Å²) < 4.78 is 0. The second-order valence-electron chi connectivity index (χ2n) is 4.67. The van der Waals surface area contributed by atoms with Crippen molar-refractivity contribution in [2.45, 2.75) is 6.92 Å². The SMILES string of the molecule is CC(CO)CNc1ccc(C(=O)N(C)C)cc1N. The van der Waals surface area contributed by atoms with Crippen LogP contribution in [0.4, 0.5) is 11.4 Å². The first kappa shape index (κ1) is 14.3. The largest absolute Gasteiger partial charge is 0.397 e. The summed E-state index contributed by atoms with van der Waals surface area (Å²) in [5.41, 5.74) is 7.78. The Morgan fingerprint density at radius 3 is 2.67 bits per heavy atom. The number of aliphatic hydroxyl groups is 1. The number of carbonyl (C=O) groups is 1. The lowest BCUT2D eigenvalue weighted by Crippen LogP contribution is -2.22. The van der Waals surface area contributed by atoms with Gasteiger partial charge in [0.1, 0.15) is 0 Å². The summed E-state index contributed by atoms with van der Waals surface area (Å²) in [5, 5.41) is 12.1. The molecule has 1 amide bonds. The summed E-state index contributed by atoms with van der Waals surface area (Å²) in [6.07, 6.45) is 0. The normalized spacial score (nSPS) is 12.0. The van der Waals surface area contributed by atoms with Crippen LogP contribution in [0.1, 0.15) is 17.3 Å². The third-order valence-corrected chi connectivity index (χ3v) is 2.66. The summed E-state index contributed by atoms with van der Waals surface area (Å²) in [6, 6.07) is 5.19. The Bertz CT molecular complexity index is 419. The summed E-state index contributed by atoms with van der Waals surface area (Å²) in [6.45, 7) is 2.71. The van der Waals surface area contributed by atoms with Crippen LogP contribution in [0, 0.1) is 5.92 Å². The van der Waals surface area contributed by atoms with Crippen molar-refractivity contribution in [1.29, 1.82) is 0 Å². The predicted molar refractivity (Wildman–Crippen MR) is 73.6 cm³/mol. The van der Waals surface area contributed by atoms with Crippen LogP contribution in [0.3, 0.4) is 0 Å². The fourth-order valence-electron chi connectivity index (χ4n) is 1.46. The lowest BCUT2D eigenvalue weighted by atomic mass is 10.1. The molecule has 0 spiro atoms. The highest BCUT2D eigenvalue weighted by molar-refractivity contribution is 5.95. The number of nitrogens with two attached hydrogens (primary N) is 1. The zero-order valence-corrected chi connectivity index (χ0v) is 11.1. The molecular formula is C13H21N3O2. The molecular weight excluding hydrogens is 230 g/mol. The van der Waals surface area contributed by atoms with Crippen molar-refractivity contribution in [2.24, 2.45) is 5.92 Å². The van der Waals surface area contributed by atoms with Crippen LogP contribution >= 0.6 is 0 Å². The molecule has 0 saturated heterocycles. The van der Waals surface area contributed by atoms with Gasteiger partial charge in [0.05, 0.1) is 11.4 Å². The van der Waals surface area contributed by atoms with E-state index in [2.05, 4.69) is 5.32 Å². The lowest BCUT2D eigenvalue weighted by molar-refractivity contribution is 0.0827. The number of carbonyl (C=O) groups excluding carboxylic acids is 1. The van der Waals surface area contributed by atoms with Gasteiger partial charge < -0.3 is 21.1 Å². The fraction of sp³-hybridized carbons (Fsp3) is 0.462. The van der Waals surface area contributed by atoms with E-state index in [1.807, 2.05) is 6.92 Å². The third-order valence-electron chi connectivity index (χ3n) is 2.66. The quantitative estimate of drug-likeness (QED) is 0.682. The van der Waals surface area contributed by atoms with E-state index < -0.39 is 0 Å². The second kappa shape index (κ2) is 6.26. The van der Waals surface area contributed by atoms with Crippen LogP contribution in [-0.4, -0.2) is 43.2 Å². The van der Waals surface area contributed by atoms with Gasteiger partial charge in [-0.2, -0.15) is 0 Å². The van der Waals surface area contributed by atoms with E-state index in [4.69, 9.17) is 10.8 Å². The van der Waals surface area contributed by atoms with Gasteiger partial charge in [-0.05, 0) is 24.1 Å². The Balaban J connectivity index is 2.77. The van der Waals surface area contributed by atoms with E-state index in [1.54, 1.807) is 32.3 Å². The van der Waals surface area contributed by atoms with Crippen molar-refractivity contribution < 1.29 is 9.90 Å². The molecule has 5 heteroatoms. The fourth-order valence-corrected chi connectivity index (χ4v) is 1.46. The van der Waals surface area contributed by atoms with Crippen LogP contribution in [-0.2, 0) is 0 Å². The minimum atomic E-state index is -0.0722. The zero-order chi connectivity index (χ0) is 13.7. The van der Waals surface area contributed by atoms with Crippen molar-refractivity contribution >= 4 is 17.3 Å². The number of rotatable bonds is 5. The lowest BCUT2D eigenvalue weighted by Gasteiger charge is -2.15. The first-order valence-electron chi connectivity index (χ1n) is 5.91. The number of anilines is 2. The minimum Gasteiger partial charge on any atom is -0.397 e. The van der Waals surface area contributed by atoms with E-state index in [9.17, 15) is 4.79 Å². The van der Waals surface area contributed by atoms with Gasteiger partial charge in [-0.25, -0.2) is 0 Å². The summed E-state index contributed by atoms with van der Waals surface area (Å²) in [7, 11) is 3.40.